The summed E-state index contributed by atoms with van der Waals surface area (Å²) in [5.41, 5.74) is 1.44. The lowest BCUT2D eigenvalue weighted by molar-refractivity contribution is 0.532. The van der Waals surface area contributed by atoms with Crippen molar-refractivity contribution in [2.75, 3.05) is 0 Å². The van der Waals surface area contributed by atoms with Gasteiger partial charge in [0.1, 0.15) is 0 Å². The Morgan fingerprint density at radius 1 is 1.50 bits per heavy atom. The fraction of sp³-hybridized carbons (Fsp3) is 0.556. The van der Waals surface area contributed by atoms with E-state index in [9.17, 15) is 0 Å². The number of hydrogen-bond acceptors (Lipinski definition) is 0. The van der Waals surface area contributed by atoms with Gasteiger partial charge in [0.15, 0.2) is 0 Å². The van der Waals surface area contributed by atoms with E-state index in [0.717, 1.165) is 0 Å². The van der Waals surface area contributed by atoms with Crippen LogP contribution >= 0.6 is 22.6 Å². The Kier molecular flexibility index (Phi) is 5.04. The molecule has 0 radical (unpaired) electrons. The van der Waals surface area contributed by atoms with Crippen molar-refractivity contribution in [3.63, 3.8) is 0 Å². The Hall–Kier alpha value is 0.210. The molecule has 0 nitrogen and oxygen atoms in total. The number of allylic oxidation sites excluding steroid dienone is 2. The highest BCUT2D eigenvalue weighted by molar-refractivity contribution is 14.1. The fourth-order valence-corrected chi connectivity index (χ4v) is 1.29. The Labute approximate surface area is 77.5 Å². The van der Waals surface area contributed by atoms with Gasteiger partial charge in [-0.2, -0.15) is 0 Å². The van der Waals surface area contributed by atoms with Crippen molar-refractivity contribution in [3.8, 4) is 0 Å². The smallest absolute Gasteiger partial charge is 0.0167 e. The maximum absolute atomic E-state index is 3.77. The highest BCUT2D eigenvalue weighted by atomic mass is 127. The Balaban J connectivity index is 4.06. The lowest BCUT2D eigenvalue weighted by Crippen LogP contribution is -2.05. The molecule has 0 saturated heterocycles. The second-order valence-corrected chi connectivity index (χ2v) is 3.36. The average molecular weight is 250 g/mol. The first-order valence-corrected chi connectivity index (χ1v) is 4.77. The molecule has 0 unspecified atom stereocenters. The second-order valence-electron chi connectivity index (χ2n) is 2.74. The molecular weight excluding hydrogens is 235 g/mol. The number of hydrogen-bond donors (Lipinski definition) is 0. The van der Waals surface area contributed by atoms with Crippen molar-refractivity contribution in [2.24, 2.45) is 11.8 Å². The SMILES string of the molecule is C=C[C@H](C)[C@H](C)/C(C)=C/I. The highest BCUT2D eigenvalue weighted by Gasteiger charge is 2.08. The van der Waals surface area contributed by atoms with E-state index in [0.29, 0.717) is 11.8 Å². The molecule has 0 aliphatic heterocycles. The van der Waals surface area contributed by atoms with E-state index in [1.54, 1.807) is 0 Å². The molecule has 0 aromatic carbocycles. The monoisotopic (exact) mass is 250 g/mol. The Morgan fingerprint density at radius 2 is 2.00 bits per heavy atom. The maximum atomic E-state index is 3.77. The summed E-state index contributed by atoms with van der Waals surface area (Å²) in [5, 5.41) is 0. The van der Waals surface area contributed by atoms with Crippen LogP contribution in [0.25, 0.3) is 0 Å². The molecule has 0 spiro atoms. The molecule has 0 aromatic rings. The van der Waals surface area contributed by atoms with E-state index in [1.165, 1.54) is 5.57 Å². The topological polar surface area (TPSA) is 0 Å². The lowest BCUT2D eigenvalue weighted by atomic mass is 9.91. The zero-order chi connectivity index (χ0) is 8.15. The number of halogens is 1. The fourth-order valence-electron chi connectivity index (χ4n) is 0.718. The predicted octanol–water partition coefficient (Wildman–Crippen LogP) is 3.78. The van der Waals surface area contributed by atoms with Crippen molar-refractivity contribution in [3.05, 3.63) is 22.3 Å². The minimum Gasteiger partial charge on any atom is -0.103 e. The van der Waals surface area contributed by atoms with Crippen LogP contribution in [-0.4, -0.2) is 0 Å². The van der Waals surface area contributed by atoms with E-state index in [1.807, 2.05) is 6.08 Å². The van der Waals surface area contributed by atoms with Gasteiger partial charge in [-0.1, -0.05) is 48.1 Å². The third kappa shape index (κ3) is 2.86. The molecule has 0 amide bonds. The molecule has 1 heteroatoms. The van der Waals surface area contributed by atoms with E-state index < -0.39 is 0 Å². The van der Waals surface area contributed by atoms with Crippen molar-refractivity contribution in [1.82, 2.24) is 0 Å². The van der Waals surface area contributed by atoms with Gasteiger partial charge in [-0.25, -0.2) is 0 Å². The third-order valence-electron chi connectivity index (χ3n) is 2.05. The van der Waals surface area contributed by atoms with Crippen LogP contribution in [0.3, 0.4) is 0 Å². The Morgan fingerprint density at radius 3 is 2.30 bits per heavy atom. The van der Waals surface area contributed by atoms with E-state index in [-0.39, 0.29) is 0 Å². The van der Waals surface area contributed by atoms with Crippen LogP contribution in [0.1, 0.15) is 20.8 Å². The second kappa shape index (κ2) is 4.94. The maximum Gasteiger partial charge on any atom is -0.0167 e. The van der Waals surface area contributed by atoms with Gasteiger partial charge in [-0.15, -0.1) is 6.58 Å². The molecule has 0 bridgehead atoms. The third-order valence-corrected chi connectivity index (χ3v) is 3.03. The standard InChI is InChI=1S/C9H15I/c1-5-7(2)9(4)8(3)6-10/h5-7,9H,1H2,2-4H3/b8-6+/t7-,9-/m0/s1. The largest absolute Gasteiger partial charge is 0.103 e. The van der Waals surface area contributed by atoms with Gasteiger partial charge in [0.25, 0.3) is 0 Å². The van der Waals surface area contributed by atoms with Crippen LogP contribution in [0.2, 0.25) is 0 Å². The molecule has 0 N–H and O–H groups in total. The number of rotatable bonds is 3. The first-order chi connectivity index (χ1) is 4.63. The van der Waals surface area contributed by atoms with Crippen molar-refractivity contribution < 1.29 is 0 Å². The zero-order valence-corrected chi connectivity index (χ0v) is 9.05. The van der Waals surface area contributed by atoms with E-state index >= 15 is 0 Å². The molecule has 0 aliphatic carbocycles. The van der Waals surface area contributed by atoms with Crippen LogP contribution in [-0.2, 0) is 0 Å². The van der Waals surface area contributed by atoms with Gasteiger partial charge in [-0.05, 0) is 22.8 Å². The molecule has 0 saturated carbocycles. The summed E-state index contributed by atoms with van der Waals surface area (Å²) in [7, 11) is 0. The van der Waals surface area contributed by atoms with E-state index in [4.69, 9.17) is 0 Å². The van der Waals surface area contributed by atoms with Gasteiger partial charge in [0.05, 0.1) is 0 Å². The van der Waals surface area contributed by atoms with E-state index in [2.05, 4.69) is 54.0 Å². The molecule has 0 heterocycles. The van der Waals surface area contributed by atoms with Crippen LogP contribution in [0.15, 0.2) is 22.3 Å². The van der Waals surface area contributed by atoms with Crippen LogP contribution < -0.4 is 0 Å². The zero-order valence-electron chi connectivity index (χ0n) is 6.89. The molecule has 10 heavy (non-hydrogen) atoms. The normalized spacial score (nSPS) is 18.2. The molecule has 58 valence electrons. The minimum atomic E-state index is 0.589. The van der Waals surface area contributed by atoms with Crippen molar-refractivity contribution in [1.29, 1.82) is 0 Å². The molecule has 0 aliphatic rings. The van der Waals surface area contributed by atoms with Crippen molar-refractivity contribution >= 4 is 22.6 Å². The van der Waals surface area contributed by atoms with Crippen LogP contribution in [0, 0.1) is 11.8 Å². The quantitative estimate of drug-likeness (QED) is 0.528. The van der Waals surface area contributed by atoms with Gasteiger partial charge in [0.2, 0.25) is 0 Å². The summed E-state index contributed by atoms with van der Waals surface area (Å²) in [4.78, 5) is 0. The molecule has 0 rings (SSSR count). The van der Waals surface area contributed by atoms with Gasteiger partial charge in [-0.3, -0.25) is 0 Å². The molecule has 2 atom stereocenters. The average Bonchev–Trinajstić information content (AvgIpc) is 2.00. The summed E-state index contributed by atoms with van der Waals surface area (Å²) in [6.45, 7) is 10.4. The summed E-state index contributed by atoms with van der Waals surface area (Å²) < 4.78 is 2.14. The molecule has 0 aromatic heterocycles. The summed E-state index contributed by atoms with van der Waals surface area (Å²) in [6.07, 6.45) is 2.01. The summed E-state index contributed by atoms with van der Waals surface area (Å²) >= 11 is 2.28. The molecular formula is C9H15I. The summed E-state index contributed by atoms with van der Waals surface area (Å²) in [6, 6.07) is 0. The van der Waals surface area contributed by atoms with Crippen LogP contribution in [0.5, 0.6) is 0 Å². The predicted molar refractivity (Wildman–Crippen MR) is 56.3 cm³/mol. The lowest BCUT2D eigenvalue weighted by Gasteiger charge is -2.15. The first kappa shape index (κ1) is 10.2. The summed E-state index contributed by atoms with van der Waals surface area (Å²) in [5.74, 6) is 1.22. The molecule has 0 fully saturated rings. The van der Waals surface area contributed by atoms with Gasteiger partial charge in [0, 0.05) is 0 Å². The van der Waals surface area contributed by atoms with Gasteiger partial charge >= 0.3 is 0 Å². The highest BCUT2D eigenvalue weighted by Crippen LogP contribution is 2.21. The Bertz CT molecular complexity index is 136. The minimum absolute atomic E-state index is 0.589. The first-order valence-electron chi connectivity index (χ1n) is 3.53. The van der Waals surface area contributed by atoms with Gasteiger partial charge < -0.3 is 0 Å². The van der Waals surface area contributed by atoms with Crippen LogP contribution in [0.4, 0.5) is 0 Å². The van der Waals surface area contributed by atoms with Crippen molar-refractivity contribution in [2.45, 2.75) is 20.8 Å².